The summed E-state index contributed by atoms with van der Waals surface area (Å²) in [7, 11) is 0. The summed E-state index contributed by atoms with van der Waals surface area (Å²) >= 11 is 0. The van der Waals surface area contributed by atoms with Gasteiger partial charge in [-0.25, -0.2) is 0 Å². The summed E-state index contributed by atoms with van der Waals surface area (Å²) in [5.41, 5.74) is 5.83. The van der Waals surface area contributed by atoms with Gasteiger partial charge in [0, 0.05) is 25.7 Å². The second kappa shape index (κ2) is 5.12. The molecule has 0 aromatic rings. The molecule has 1 amide bonds. The maximum Gasteiger partial charge on any atom is 0.229 e. The third-order valence-electron chi connectivity index (χ3n) is 3.53. The second-order valence-corrected chi connectivity index (χ2v) is 4.78. The first kappa shape index (κ1) is 11.8. The number of aliphatic hydroxyl groups excluding tert-OH is 1. The number of aliphatic hydroxyl groups is 1. The molecule has 3 unspecified atom stereocenters. The molecule has 0 bridgehead atoms. The van der Waals surface area contributed by atoms with Crippen LogP contribution in [0.25, 0.3) is 0 Å². The number of ether oxygens (including phenoxy) is 1. The van der Waals surface area contributed by atoms with E-state index in [1.165, 1.54) is 0 Å². The number of amides is 1. The van der Waals surface area contributed by atoms with Gasteiger partial charge in [-0.1, -0.05) is 0 Å². The maximum absolute atomic E-state index is 12.2. The van der Waals surface area contributed by atoms with Crippen molar-refractivity contribution in [3.05, 3.63) is 0 Å². The molecule has 0 saturated carbocycles. The Morgan fingerprint density at radius 3 is 2.94 bits per heavy atom. The van der Waals surface area contributed by atoms with Crippen molar-refractivity contribution >= 4 is 5.91 Å². The van der Waals surface area contributed by atoms with E-state index in [2.05, 4.69) is 0 Å². The number of nitrogens with two attached hydrogens (primary N) is 1. The van der Waals surface area contributed by atoms with Gasteiger partial charge in [0.1, 0.15) is 0 Å². The molecule has 0 aromatic heterocycles. The molecular weight excluding hydrogens is 208 g/mol. The number of nitrogens with zero attached hydrogens (tertiary/aromatic N) is 1. The summed E-state index contributed by atoms with van der Waals surface area (Å²) in [4.78, 5) is 14.0. The molecule has 3 N–H and O–H groups in total. The van der Waals surface area contributed by atoms with Crippen LogP contribution in [0.2, 0.25) is 0 Å². The highest BCUT2D eigenvalue weighted by molar-refractivity contribution is 5.80. The highest BCUT2D eigenvalue weighted by Crippen LogP contribution is 2.21. The van der Waals surface area contributed by atoms with Gasteiger partial charge in [-0.2, -0.15) is 0 Å². The molecule has 0 aliphatic carbocycles. The zero-order chi connectivity index (χ0) is 11.5. The summed E-state index contributed by atoms with van der Waals surface area (Å²) in [5.74, 6) is 0.150. The van der Waals surface area contributed by atoms with Crippen LogP contribution in [0.15, 0.2) is 0 Å². The highest BCUT2D eigenvalue weighted by Gasteiger charge is 2.35. The summed E-state index contributed by atoms with van der Waals surface area (Å²) in [6, 6.07) is -0.165. The van der Waals surface area contributed by atoms with Crippen molar-refractivity contribution in [1.29, 1.82) is 0 Å². The van der Waals surface area contributed by atoms with E-state index in [0.717, 1.165) is 19.4 Å². The monoisotopic (exact) mass is 228 g/mol. The Morgan fingerprint density at radius 2 is 2.31 bits per heavy atom. The van der Waals surface area contributed by atoms with Crippen LogP contribution in [0, 0.1) is 11.8 Å². The van der Waals surface area contributed by atoms with E-state index in [0.29, 0.717) is 19.8 Å². The van der Waals surface area contributed by atoms with Gasteiger partial charge in [-0.3, -0.25) is 4.79 Å². The predicted molar refractivity (Wildman–Crippen MR) is 58.7 cm³/mol. The van der Waals surface area contributed by atoms with Crippen molar-refractivity contribution in [2.24, 2.45) is 17.6 Å². The fraction of sp³-hybridized carbons (Fsp3) is 0.909. The number of hydrogen-bond acceptors (Lipinski definition) is 4. The molecule has 2 fully saturated rings. The van der Waals surface area contributed by atoms with Gasteiger partial charge >= 0.3 is 0 Å². The fourth-order valence-electron chi connectivity index (χ4n) is 2.47. The number of piperidine rings is 1. The lowest BCUT2D eigenvalue weighted by atomic mass is 9.96. The van der Waals surface area contributed by atoms with E-state index in [1.807, 2.05) is 4.90 Å². The number of rotatable bonds is 2. The van der Waals surface area contributed by atoms with Crippen LogP contribution in [-0.4, -0.2) is 54.9 Å². The molecule has 5 nitrogen and oxygen atoms in total. The topological polar surface area (TPSA) is 75.8 Å². The van der Waals surface area contributed by atoms with Crippen molar-refractivity contribution in [3.63, 3.8) is 0 Å². The van der Waals surface area contributed by atoms with Gasteiger partial charge in [-0.05, 0) is 18.8 Å². The van der Waals surface area contributed by atoms with Crippen LogP contribution in [0.3, 0.4) is 0 Å². The minimum absolute atomic E-state index is 0.100. The third kappa shape index (κ3) is 2.36. The molecule has 2 rings (SSSR count). The standard InChI is InChI=1S/C11H20N2O3/c12-10-7-16-6-9(10)11(15)13-3-1-2-8(4-13)5-14/h8-10,14H,1-7,12H2. The molecule has 3 atom stereocenters. The molecule has 2 saturated heterocycles. The first-order chi connectivity index (χ1) is 7.72. The van der Waals surface area contributed by atoms with Gasteiger partial charge < -0.3 is 20.5 Å². The van der Waals surface area contributed by atoms with E-state index in [-0.39, 0.29) is 30.4 Å². The predicted octanol–water partition coefficient (Wildman–Crippen LogP) is -0.809. The SMILES string of the molecule is NC1COCC1C(=O)N1CCCC(CO)C1. The van der Waals surface area contributed by atoms with Crippen molar-refractivity contribution < 1.29 is 14.6 Å². The van der Waals surface area contributed by atoms with Gasteiger partial charge in [0.05, 0.1) is 19.1 Å². The van der Waals surface area contributed by atoms with Crippen LogP contribution in [0.4, 0.5) is 0 Å². The Kier molecular flexibility index (Phi) is 3.78. The van der Waals surface area contributed by atoms with Crippen LogP contribution in [0.5, 0.6) is 0 Å². The van der Waals surface area contributed by atoms with Crippen LogP contribution < -0.4 is 5.73 Å². The van der Waals surface area contributed by atoms with Gasteiger partial charge in [0.15, 0.2) is 0 Å². The highest BCUT2D eigenvalue weighted by atomic mass is 16.5. The van der Waals surface area contributed by atoms with Gasteiger partial charge in [-0.15, -0.1) is 0 Å². The molecule has 92 valence electrons. The number of likely N-dealkylation sites (tertiary alicyclic amines) is 1. The first-order valence-corrected chi connectivity index (χ1v) is 5.95. The van der Waals surface area contributed by atoms with Crippen molar-refractivity contribution in [1.82, 2.24) is 4.90 Å². The lowest BCUT2D eigenvalue weighted by Crippen LogP contribution is -2.47. The largest absolute Gasteiger partial charge is 0.396 e. The third-order valence-corrected chi connectivity index (χ3v) is 3.53. The van der Waals surface area contributed by atoms with Crippen LogP contribution >= 0.6 is 0 Å². The van der Waals surface area contributed by atoms with Crippen molar-refractivity contribution in [2.45, 2.75) is 18.9 Å². The summed E-state index contributed by atoms with van der Waals surface area (Å²) < 4.78 is 5.21. The van der Waals surface area contributed by atoms with Crippen molar-refractivity contribution in [2.75, 3.05) is 32.9 Å². The van der Waals surface area contributed by atoms with E-state index < -0.39 is 0 Å². The number of carbonyl (C=O) groups is 1. The van der Waals surface area contributed by atoms with Crippen LogP contribution in [-0.2, 0) is 9.53 Å². The van der Waals surface area contributed by atoms with E-state index in [4.69, 9.17) is 15.6 Å². The van der Waals surface area contributed by atoms with Gasteiger partial charge in [0.2, 0.25) is 5.91 Å². The average molecular weight is 228 g/mol. The minimum Gasteiger partial charge on any atom is -0.396 e. The quantitative estimate of drug-likeness (QED) is 0.648. The molecule has 5 heteroatoms. The normalized spacial score (nSPS) is 35.4. The average Bonchev–Trinajstić information content (AvgIpc) is 2.74. The Labute approximate surface area is 95.5 Å². The van der Waals surface area contributed by atoms with E-state index >= 15 is 0 Å². The zero-order valence-electron chi connectivity index (χ0n) is 9.47. The summed E-state index contributed by atoms with van der Waals surface area (Å²) in [6.45, 7) is 2.54. The number of hydrogen-bond donors (Lipinski definition) is 2. The van der Waals surface area contributed by atoms with Crippen LogP contribution in [0.1, 0.15) is 12.8 Å². The molecule has 2 aliphatic heterocycles. The molecule has 16 heavy (non-hydrogen) atoms. The minimum atomic E-state index is -0.183. The first-order valence-electron chi connectivity index (χ1n) is 5.95. The Balaban J connectivity index is 1.93. The molecular formula is C11H20N2O3. The maximum atomic E-state index is 12.2. The molecule has 0 radical (unpaired) electrons. The zero-order valence-corrected chi connectivity index (χ0v) is 9.47. The smallest absolute Gasteiger partial charge is 0.229 e. The van der Waals surface area contributed by atoms with Gasteiger partial charge in [0.25, 0.3) is 0 Å². The van der Waals surface area contributed by atoms with Crippen molar-refractivity contribution in [3.8, 4) is 0 Å². The molecule has 2 aliphatic rings. The molecule has 0 spiro atoms. The molecule has 2 heterocycles. The van der Waals surface area contributed by atoms with E-state index in [1.54, 1.807) is 0 Å². The lowest BCUT2D eigenvalue weighted by molar-refractivity contribution is -0.137. The Bertz CT molecular complexity index is 260. The Morgan fingerprint density at radius 1 is 1.50 bits per heavy atom. The molecule has 0 aromatic carbocycles. The summed E-state index contributed by atoms with van der Waals surface area (Å²) in [6.07, 6.45) is 1.98. The Hall–Kier alpha value is -0.650. The lowest BCUT2D eigenvalue weighted by Gasteiger charge is -2.33. The summed E-state index contributed by atoms with van der Waals surface area (Å²) in [5, 5.41) is 9.12. The second-order valence-electron chi connectivity index (χ2n) is 4.78. The number of carbonyl (C=O) groups excluding carboxylic acids is 1. The van der Waals surface area contributed by atoms with E-state index in [9.17, 15) is 4.79 Å². The fourth-order valence-corrected chi connectivity index (χ4v) is 2.47.